The third kappa shape index (κ3) is 2.16. The molecule has 3 rings (SSSR count). The van der Waals surface area contributed by atoms with Crippen molar-refractivity contribution < 1.29 is 18.7 Å². The monoisotopic (exact) mass is 294 g/mol. The Bertz CT molecular complexity index is 810. The van der Waals surface area contributed by atoms with Crippen LogP contribution < -0.4 is 0 Å². The van der Waals surface area contributed by atoms with Crippen LogP contribution in [0, 0.1) is 11.6 Å². The van der Waals surface area contributed by atoms with Crippen LogP contribution >= 0.6 is 11.3 Å². The number of benzene rings is 1. The molecule has 0 unspecified atom stereocenters. The molecular formula is C13H8F2N2O2S. The first kappa shape index (κ1) is 12.7. The molecule has 0 aliphatic rings. The number of nitrogens with zero attached hydrogens (tertiary/aromatic N) is 2. The fraction of sp³-hybridized carbons (Fsp3) is 0.0769. The second-order valence-electron chi connectivity index (χ2n) is 4.20. The second-order valence-corrected chi connectivity index (χ2v) is 5.04. The zero-order valence-electron chi connectivity index (χ0n) is 10.0. The van der Waals surface area contributed by atoms with Crippen molar-refractivity contribution in [3.05, 3.63) is 47.1 Å². The molecule has 4 nitrogen and oxygen atoms in total. The number of fused-ring (bicyclic) bond motifs is 1. The van der Waals surface area contributed by atoms with Crippen molar-refractivity contribution in [1.82, 2.24) is 9.38 Å². The van der Waals surface area contributed by atoms with Gasteiger partial charge in [-0.15, -0.1) is 11.3 Å². The van der Waals surface area contributed by atoms with E-state index in [0.717, 1.165) is 12.1 Å². The van der Waals surface area contributed by atoms with E-state index in [-0.39, 0.29) is 12.0 Å². The maximum absolute atomic E-state index is 13.7. The first-order valence-electron chi connectivity index (χ1n) is 5.67. The molecule has 7 heteroatoms. The van der Waals surface area contributed by atoms with Gasteiger partial charge in [0.2, 0.25) is 0 Å². The van der Waals surface area contributed by atoms with Crippen molar-refractivity contribution in [2.24, 2.45) is 0 Å². The molecule has 0 aliphatic carbocycles. The number of carboxylic acids is 1. The van der Waals surface area contributed by atoms with Crippen LogP contribution in [-0.2, 0) is 11.2 Å². The molecular weight excluding hydrogens is 286 g/mol. The number of aliphatic carboxylic acids is 1. The minimum absolute atomic E-state index is 0.137. The fourth-order valence-corrected chi connectivity index (χ4v) is 2.81. The van der Waals surface area contributed by atoms with E-state index in [1.807, 2.05) is 0 Å². The second kappa shape index (κ2) is 4.68. The Labute approximate surface area is 115 Å². The average molecular weight is 294 g/mol. The van der Waals surface area contributed by atoms with E-state index >= 15 is 0 Å². The topological polar surface area (TPSA) is 54.6 Å². The molecule has 0 amide bonds. The Balaban J connectivity index is 2.09. The van der Waals surface area contributed by atoms with E-state index in [2.05, 4.69) is 4.98 Å². The number of aromatic nitrogens is 2. The summed E-state index contributed by atoms with van der Waals surface area (Å²) in [5.41, 5.74) is 1.10. The van der Waals surface area contributed by atoms with Gasteiger partial charge in [0, 0.05) is 28.9 Å². The molecule has 1 N–H and O–H groups in total. The summed E-state index contributed by atoms with van der Waals surface area (Å²) in [7, 11) is 0. The zero-order valence-corrected chi connectivity index (χ0v) is 10.8. The van der Waals surface area contributed by atoms with Crippen molar-refractivity contribution >= 4 is 22.3 Å². The Kier molecular flexibility index (Phi) is 2.98. The van der Waals surface area contributed by atoms with Crippen LogP contribution in [0.25, 0.3) is 16.2 Å². The predicted molar refractivity (Wildman–Crippen MR) is 69.8 cm³/mol. The fourth-order valence-electron chi connectivity index (χ4n) is 1.94. The third-order valence-electron chi connectivity index (χ3n) is 2.82. The van der Waals surface area contributed by atoms with Crippen LogP contribution in [0.5, 0.6) is 0 Å². The number of carbonyl (C=O) groups is 1. The lowest BCUT2D eigenvalue weighted by atomic mass is 10.1. The van der Waals surface area contributed by atoms with Gasteiger partial charge in [0.05, 0.1) is 12.1 Å². The van der Waals surface area contributed by atoms with Crippen molar-refractivity contribution in [2.75, 3.05) is 0 Å². The summed E-state index contributed by atoms with van der Waals surface area (Å²) in [5.74, 6) is -2.30. The summed E-state index contributed by atoms with van der Waals surface area (Å²) in [4.78, 5) is 15.5. The molecule has 0 fully saturated rings. The van der Waals surface area contributed by atoms with E-state index in [0.29, 0.717) is 16.3 Å². The minimum Gasteiger partial charge on any atom is -0.481 e. The molecule has 1 aromatic carbocycles. The van der Waals surface area contributed by atoms with Gasteiger partial charge in [0.1, 0.15) is 11.6 Å². The van der Waals surface area contributed by atoms with Gasteiger partial charge in [-0.3, -0.25) is 9.20 Å². The lowest BCUT2D eigenvalue weighted by Gasteiger charge is -1.98. The number of rotatable bonds is 3. The largest absolute Gasteiger partial charge is 0.481 e. The van der Waals surface area contributed by atoms with Gasteiger partial charge in [0.25, 0.3) is 0 Å². The van der Waals surface area contributed by atoms with Crippen molar-refractivity contribution in [3.8, 4) is 11.3 Å². The predicted octanol–water partition coefficient (Wildman–Crippen LogP) is 2.97. The number of carboxylic acid groups (broad SMARTS) is 1. The summed E-state index contributed by atoms with van der Waals surface area (Å²) < 4.78 is 28.2. The van der Waals surface area contributed by atoms with Gasteiger partial charge in [0.15, 0.2) is 4.96 Å². The first-order chi connectivity index (χ1) is 9.54. The van der Waals surface area contributed by atoms with Gasteiger partial charge in [-0.2, -0.15) is 0 Å². The highest BCUT2D eigenvalue weighted by molar-refractivity contribution is 7.15. The third-order valence-corrected chi connectivity index (χ3v) is 3.71. The molecule has 0 atom stereocenters. The van der Waals surface area contributed by atoms with E-state index in [1.165, 1.54) is 17.4 Å². The van der Waals surface area contributed by atoms with Crippen LogP contribution in [0.3, 0.4) is 0 Å². The molecule has 2 heterocycles. The van der Waals surface area contributed by atoms with Crippen LogP contribution in [-0.4, -0.2) is 20.5 Å². The highest BCUT2D eigenvalue weighted by Gasteiger charge is 2.14. The van der Waals surface area contributed by atoms with E-state index < -0.39 is 17.6 Å². The zero-order chi connectivity index (χ0) is 14.3. The summed E-state index contributed by atoms with van der Waals surface area (Å²) in [6.07, 6.45) is 1.42. The van der Waals surface area contributed by atoms with Crippen LogP contribution in [0.15, 0.2) is 29.8 Å². The summed E-state index contributed by atoms with van der Waals surface area (Å²) in [6, 6.07) is 3.26. The van der Waals surface area contributed by atoms with Crippen molar-refractivity contribution in [3.63, 3.8) is 0 Å². The summed E-state index contributed by atoms with van der Waals surface area (Å²) in [5, 5.41) is 10.5. The summed E-state index contributed by atoms with van der Waals surface area (Å²) >= 11 is 1.27. The molecule has 0 radical (unpaired) electrons. The highest BCUT2D eigenvalue weighted by atomic mass is 32.1. The molecule has 0 saturated carbocycles. The van der Waals surface area contributed by atoms with Crippen molar-refractivity contribution in [2.45, 2.75) is 6.42 Å². The first-order valence-corrected chi connectivity index (χ1v) is 6.55. The summed E-state index contributed by atoms with van der Waals surface area (Å²) in [6.45, 7) is 0. The Morgan fingerprint density at radius 3 is 2.90 bits per heavy atom. The normalized spacial score (nSPS) is 11.1. The maximum Gasteiger partial charge on any atom is 0.309 e. The van der Waals surface area contributed by atoms with Gasteiger partial charge in [-0.1, -0.05) is 0 Å². The van der Waals surface area contributed by atoms with Crippen molar-refractivity contribution in [1.29, 1.82) is 0 Å². The van der Waals surface area contributed by atoms with Gasteiger partial charge in [-0.25, -0.2) is 13.8 Å². The Morgan fingerprint density at radius 2 is 2.20 bits per heavy atom. The standard InChI is InChI=1S/C13H8F2N2O2S/c14-7-1-2-9(10(15)3-7)11-5-17-8(4-12(18)19)6-20-13(17)16-11/h1-3,5-6H,4H2,(H,18,19). The van der Waals surface area contributed by atoms with Crippen LogP contribution in [0.1, 0.15) is 5.69 Å². The van der Waals surface area contributed by atoms with Gasteiger partial charge < -0.3 is 5.11 Å². The van der Waals surface area contributed by atoms with E-state index in [4.69, 9.17) is 5.11 Å². The molecule has 2 aromatic heterocycles. The Hall–Kier alpha value is -2.28. The number of halogens is 2. The molecule has 102 valence electrons. The lowest BCUT2D eigenvalue weighted by molar-refractivity contribution is -0.136. The smallest absolute Gasteiger partial charge is 0.309 e. The molecule has 0 spiro atoms. The molecule has 0 saturated heterocycles. The van der Waals surface area contributed by atoms with Crippen LogP contribution in [0.2, 0.25) is 0 Å². The van der Waals surface area contributed by atoms with E-state index in [9.17, 15) is 13.6 Å². The number of hydrogen-bond acceptors (Lipinski definition) is 3. The number of hydrogen-bond donors (Lipinski definition) is 1. The quantitative estimate of drug-likeness (QED) is 0.808. The SMILES string of the molecule is O=C(O)Cc1csc2nc(-c3ccc(F)cc3F)cn12. The van der Waals surface area contributed by atoms with Gasteiger partial charge in [-0.05, 0) is 12.1 Å². The lowest BCUT2D eigenvalue weighted by Crippen LogP contribution is -2.02. The number of imidazole rings is 1. The number of thiazole rings is 1. The maximum atomic E-state index is 13.7. The molecule has 0 aliphatic heterocycles. The molecule has 0 bridgehead atoms. The minimum atomic E-state index is -0.951. The van der Waals surface area contributed by atoms with Crippen LogP contribution in [0.4, 0.5) is 8.78 Å². The average Bonchev–Trinajstić information content (AvgIpc) is 2.91. The van der Waals surface area contributed by atoms with Gasteiger partial charge >= 0.3 is 5.97 Å². The molecule has 20 heavy (non-hydrogen) atoms. The molecule has 3 aromatic rings. The highest BCUT2D eigenvalue weighted by Crippen LogP contribution is 2.26. The Morgan fingerprint density at radius 1 is 1.40 bits per heavy atom. The van der Waals surface area contributed by atoms with E-state index in [1.54, 1.807) is 16.0 Å².